The molecule has 10 heteroatoms. The lowest BCUT2D eigenvalue weighted by Gasteiger charge is -2.58. The molecule has 1 aromatic heterocycles. The predicted octanol–water partition coefficient (Wildman–Crippen LogP) is 8.58. The Hall–Kier alpha value is -3.01. The van der Waals surface area contributed by atoms with Crippen LogP contribution in [0.15, 0.2) is 28.4 Å². The number of amides is 1. The number of hydrogen-bond acceptors (Lipinski definition) is 7. The lowest BCUT2D eigenvalue weighted by atomic mass is 9.47. The molecule has 4 N–H and O–H groups in total. The van der Waals surface area contributed by atoms with Gasteiger partial charge in [-0.25, -0.2) is 4.63 Å². The maximum absolute atomic E-state index is 12.5. The third-order valence-electron chi connectivity index (χ3n) is 14.5. The van der Waals surface area contributed by atoms with Crippen LogP contribution in [0, 0.1) is 56.5 Å². The molecule has 3 saturated carbocycles. The zero-order valence-electron chi connectivity index (χ0n) is 32.8. The lowest BCUT2D eigenvalue weighted by molar-refractivity contribution is -0.691. The third-order valence-corrected chi connectivity index (χ3v) is 14.5. The Balaban J connectivity index is 0.856. The Bertz CT molecular complexity index is 1560. The van der Waals surface area contributed by atoms with Gasteiger partial charge in [-0.3, -0.25) is 14.9 Å². The maximum Gasteiger partial charge on any atom is 0.300 e. The average molecular weight is 720 g/mol. The monoisotopic (exact) mass is 720 g/mol. The summed E-state index contributed by atoms with van der Waals surface area (Å²) in [5.74, 6) is 5.46. The number of unbranched alkanes of at least 4 members (excludes halogenated alkanes) is 2. The molecule has 10 nitrogen and oxygen atoms in total. The molecule has 4 aliphatic rings. The molecular formula is C42H67N6O4+. The molecule has 4 aliphatic carbocycles. The summed E-state index contributed by atoms with van der Waals surface area (Å²) in [6.45, 7) is 15.2. The molecule has 52 heavy (non-hydrogen) atoms. The van der Waals surface area contributed by atoms with Crippen molar-refractivity contribution in [3.63, 3.8) is 0 Å². The Kier molecular flexibility index (Phi) is 12.6. The Labute approximate surface area is 311 Å². The maximum atomic E-state index is 12.5. The first-order chi connectivity index (χ1) is 25.0. The quantitative estimate of drug-likeness (QED) is 0.0607. The summed E-state index contributed by atoms with van der Waals surface area (Å²) in [7, 11) is 0. The normalized spacial score (nSPS) is 30.3. The van der Waals surface area contributed by atoms with Crippen molar-refractivity contribution in [2.24, 2.45) is 46.3 Å². The van der Waals surface area contributed by atoms with Gasteiger partial charge in [0, 0.05) is 44.8 Å². The van der Waals surface area contributed by atoms with E-state index in [1.807, 2.05) is 0 Å². The standard InChI is InChI=1S/C42H66N6O4/c1-28(2)11-9-12-29(3)33-16-17-34-32-15-14-30-27-31(20-22-41(30,4)35(32)21-23-42(33,34)5)43-25-10-26-45-38(49)13-7-6-8-24-44-36-18-19-37(48(50)51)40-39(36)46-52-47-40/h14,18-19,28-29,31-35,43-44H,6-13,15-17,20-27H2,1-5H3,(H,45,49)/p+1/t29-,31+,32+,33-,34+,35+,41+,42-/m1/s1. The van der Waals surface area contributed by atoms with Crippen LogP contribution in [0.4, 0.5) is 11.4 Å². The molecule has 1 aromatic carbocycles. The lowest BCUT2D eigenvalue weighted by Crippen LogP contribution is -2.90. The van der Waals surface area contributed by atoms with Gasteiger partial charge in [0.1, 0.15) is 0 Å². The number of quaternary nitrogens is 1. The number of nitrogens with two attached hydrogens (primary N) is 1. The molecule has 2 aromatic rings. The fourth-order valence-corrected chi connectivity index (χ4v) is 11.6. The van der Waals surface area contributed by atoms with Crippen LogP contribution in [-0.4, -0.2) is 46.8 Å². The van der Waals surface area contributed by atoms with Gasteiger partial charge in [0.25, 0.3) is 0 Å². The number of benzene rings is 1. The van der Waals surface area contributed by atoms with Crippen LogP contribution in [0.5, 0.6) is 0 Å². The SMILES string of the molecule is CC(C)CCC[C@@H](C)[C@H]1CC[C@H]2[C@@H]3CC=C4C[C@@H]([NH2+]CCCNC(=O)CCCCCNc5ccc([N+](=O)[O-])c6nonc56)CC[C@]4(C)[C@H]3CC[C@]12C. The summed E-state index contributed by atoms with van der Waals surface area (Å²) in [4.78, 5) is 23.1. The van der Waals surface area contributed by atoms with Gasteiger partial charge in [0.05, 0.1) is 23.2 Å². The summed E-state index contributed by atoms with van der Waals surface area (Å²) in [5, 5.41) is 27.6. The first-order valence-corrected chi connectivity index (χ1v) is 20.9. The zero-order chi connectivity index (χ0) is 36.9. The van der Waals surface area contributed by atoms with Gasteiger partial charge < -0.3 is 16.0 Å². The first-order valence-electron chi connectivity index (χ1n) is 20.9. The van der Waals surface area contributed by atoms with E-state index in [2.05, 4.69) is 67.0 Å². The summed E-state index contributed by atoms with van der Waals surface area (Å²) >= 11 is 0. The van der Waals surface area contributed by atoms with Crippen LogP contribution in [0.25, 0.3) is 11.0 Å². The number of nitrogens with zero attached hydrogens (tertiary/aromatic N) is 3. The highest BCUT2D eigenvalue weighted by atomic mass is 16.6. The van der Waals surface area contributed by atoms with Crippen LogP contribution < -0.4 is 16.0 Å². The molecule has 6 rings (SSSR count). The van der Waals surface area contributed by atoms with E-state index < -0.39 is 4.92 Å². The highest BCUT2D eigenvalue weighted by molar-refractivity contribution is 5.93. The molecule has 1 amide bonds. The molecule has 288 valence electrons. The highest BCUT2D eigenvalue weighted by Gasteiger charge is 2.59. The molecule has 8 atom stereocenters. The summed E-state index contributed by atoms with van der Waals surface area (Å²) in [6, 6.07) is 3.72. The van der Waals surface area contributed by atoms with E-state index in [9.17, 15) is 14.9 Å². The van der Waals surface area contributed by atoms with Crippen LogP contribution in [-0.2, 0) is 4.79 Å². The van der Waals surface area contributed by atoms with Crippen molar-refractivity contribution in [3.05, 3.63) is 33.9 Å². The Morgan fingerprint density at radius 3 is 2.62 bits per heavy atom. The van der Waals surface area contributed by atoms with Crippen molar-refractivity contribution in [2.75, 3.05) is 25.0 Å². The smallest absolute Gasteiger partial charge is 0.300 e. The average Bonchev–Trinajstić information content (AvgIpc) is 3.74. The Morgan fingerprint density at radius 2 is 1.81 bits per heavy atom. The van der Waals surface area contributed by atoms with Crippen molar-refractivity contribution in [1.29, 1.82) is 0 Å². The number of rotatable bonds is 18. The summed E-state index contributed by atoms with van der Waals surface area (Å²) < 4.78 is 4.72. The number of anilines is 1. The van der Waals surface area contributed by atoms with Gasteiger partial charge >= 0.3 is 5.69 Å². The van der Waals surface area contributed by atoms with E-state index in [4.69, 9.17) is 4.63 Å². The van der Waals surface area contributed by atoms with Gasteiger partial charge in [-0.15, -0.1) is 0 Å². The fraction of sp³-hybridized carbons (Fsp3) is 0.786. The first kappa shape index (κ1) is 38.7. The molecule has 0 aliphatic heterocycles. The highest BCUT2D eigenvalue weighted by Crippen LogP contribution is 2.67. The minimum atomic E-state index is -0.490. The number of fused-ring (bicyclic) bond motifs is 6. The topological polar surface area (TPSA) is 140 Å². The van der Waals surface area contributed by atoms with E-state index in [-0.39, 0.29) is 17.1 Å². The largest absolute Gasteiger partial charge is 0.383 e. The molecule has 0 saturated heterocycles. The fourth-order valence-electron chi connectivity index (χ4n) is 11.6. The van der Waals surface area contributed by atoms with E-state index in [1.54, 1.807) is 11.6 Å². The Morgan fingerprint density at radius 1 is 0.981 bits per heavy atom. The third kappa shape index (κ3) is 8.37. The van der Waals surface area contributed by atoms with E-state index in [0.29, 0.717) is 41.0 Å². The molecule has 0 bridgehead atoms. The number of nitrogens with one attached hydrogen (secondary N) is 2. The number of hydrogen-bond donors (Lipinski definition) is 3. The number of carbonyl (C=O) groups excluding carboxylic acids is 1. The molecule has 0 spiro atoms. The van der Waals surface area contributed by atoms with Gasteiger partial charge in [0.2, 0.25) is 11.4 Å². The number of nitro benzene ring substituents is 1. The number of non-ortho nitro benzene ring substituents is 1. The van der Waals surface area contributed by atoms with Gasteiger partial charge in [-0.05, 0) is 114 Å². The second kappa shape index (κ2) is 17.0. The minimum absolute atomic E-state index is 0.122. The molecular weight excluding hydrogens is 652 g/mol. The summed E-state index contributed by atoms with van der Waals surface area (Å²) in [6.07, 6.45) is 22.2. The van der Waals surface area contributed by atoms with Crippen molar-refractivity contribution in [3.8, 4) is 0 Å². The second-order valence-corrected chi connectivity index (χ2v) is 18.1. The predicted molar refractivity (Wildman–Crippen MR) is 207 cm³/mol. The van der Waals surface area contributed by atoms with Crippen molar-refractivity contribution in [1.82, 2.24) is 15.6 Å². The van der Waals surface area contributed by atoms with Crippen LogP contribution in [0.2, 0.25) is 0 Å². The van der Waals surface area contributed by atoms with E-state index >= 15 is 0 Å². The van der Waals surface area contributed by atoms with Crippen LogP contribution >= 0.6 is 0 Å². The number of carbonyl (C=O) groups is 1. The summed E-state index contributed by atoms with van der Waals surface area (Å²) in [5.41, 5.74) is 3.79. The van der Waals surface area contributed by atoms with Gasteiger partial charge in [0.15, 0.2) is 5.52 Å². The second-order valence-electron chi connectivity index (χ2n) is 18.1. The van der Waals surface area contributed by atoms with Gasteiger partial charge in [-0.1, -0.05) is 72.0 Å². The number of allylic oxidation sites excluding steroid dienone is 1. The van der Waals surface area contributed by atoms with Crippen molar-refractivity contribution >= 4 is 28.3 Å². The zero-order valence-corrected chi connectivity index (χ0v) is 32.8. The number of nitro groups is 1. The van der Waals surface area contributed by atoms with Gasteiger partial charge in [-0.2, -0.15) is 0 Å². The van der Waals surface area contributed by atoms with E-state index in [1.165, 1.54) is 76.7 Å². The van der Waals surface area contributed by atoms with Crippen molar-refractivity contribution < 1.29 is 19.7 Å². The van der Waals surface area contributed by atoms with E-state index in [0.717, 1.165) is 74.3 Å². The van der Waals surface area contributed by atoms with Crippen molar-refractivity contribution in [2.45, 2.75) is 143 Å². The number of aromatic nitrogens is 2. The van der Waals surface area contributed by atoms with Crippen LogP contribution in [0.3, 0.4) is 0 Å². The molecule has 0 radical (unpaired) electrons. The molecule has 0 unspecified atom stereocenters. The molecule has 3 fully saturated rings. The minimum Gasteiger partial charge on any atom is -0.383 e. The molecule has 1 heterocycles. The van der Waals surface area contributed by atoms with Crippen LogP contribution in [0.1, 0.15) is 137 Å².